The SMILES string of the molecule is Cc1ccccc1CN(C)C(=O)CCOc1ccccc1F. The number of amides is 1. The first-order valence-corrected chi connectivity index (χ1v) is 7.23. The molecule has 0 fully saturated rings. The van der Waals surface area contributed by atoms with Crippen LogP contribution in [0.3, 0.4) is 0 Å². The molecule has 2 rings (SSSR count). The van der Waals surface area contributed by atoms with E-state index >= 15 is 0 Å². The number of carbonyl (C=O) groups is 1. The lowest BCUT2D eigenvalue weighted by atomic mass is 10.1. The summed E-state index contributed by atoms with van der Waals surface area (Å²) in [5, 5.41) is 0. The summed E-state index contributed by atoms with van der Waals surface area (Å²) in [4.78, 5) is 13.7. The van der Waals surface area contributed by atoms with E-state index in [2.05, 4.69) is 0 Å². The molecule has 116 valence electrons. The molecule has 0 atom stereocenters. The fourth-order valence-electron chi connectivity index (χ4n) is 2.13. The number of para-hydroxylation sites is 1. The van der Waals surface area contributed by atoms with Gasteiger partial charge in [0.05, 0.1) is 13.0 Å². The zero-order valence-electron chi connectivity index (χ0n) is 12.9. The van der Waals surface area contributed by atoms with Crippen LogP contribution in [0.1, 0.15) is 17.5 Å². The smallest absolute Gasteiger partial charge is 0.226 e. The summed E-state index contributed by atoms with van der Waals surface area (Å²) < 4.78 is 18.7. The van der Waals surface area contributed by atoms with E-state index in [9.17, 15) is 9.18 Å². The van der Waals surface area contributed by atoms with Crippen molar-refractivity contribution < 1.29 is 13.9 Å². The molecule has 0 bridgehead atoms. The highest BCUT2D eigenvalue weighted by molar-refractivity contribution is 5.76. The molecule has 0 unspecified atom stereocenters. The molecule has 2 aromatic carbocycles. The normalized spacial score (nSPS) is 10.3. The molecule has 3 nitrogen and oxygen atoms in total. The molecule has 0 aromatic heterocycles. The molecule has 0 saturated heterocycles. The molecule has 0 radical (unpaired) electrons. The Kier molecular flexibility index (Phi) is 5.53. The van der Waals surface area contributed by atoms with E-state index in [0.29, 0.717) is 6.54 Å². The highest BCUT2D eigenvalue weighted by Gasteiger charge is 2.11. The van der Waals surface area contributed by atoms with Crippen LogP contribution in [-0.4, -0.2) is 24.5 Å². The molecular formula is C18H20FNO2. The number of hydrogen-bond acceptors (Lipinski definition) is 2. The first-order chi connectivity index (χ1) is 10.6. The monoisotopic (exact) mass is 301 g/mol. The Labute approximate surface area is 130 Å². The van der Waals surface area contributed by atoms with Gasteiger partial charge in [0.1, 0.15) is 0 Å². The number of aryl methyl sites for hydroxylation is 1. The third kappa shape index (κ3) is 4.32. The van der Waals surface area contributed by atoms with Crippen molar-refractivity contribution in [3.05, 3.63) is 65.5 Å². The summed E-state index contributed by atoms with van der Waals surface area (Å²) in [6.45, 7) is 2.75. The Morgan fingerprint density at radius 1 is 1.14 bits per heavy atom. The van der Waals surface area contributed by atoms with Crippen LogP contribution in [0.15, 0.2) is 48.5 Å². The number of ether oxygens (including phenoxy) is 1. The highest BCUT2D eigenvalue weighted by Crippen LogP contribution is 2.16. The van der Waals surface area contributed by atoms with Crippen LogP contribution >= 0.6 is 0 Å². The summed E-state index contributed by atoms with van der Waals surface area (Å²) >= 11 is 0. The van der Waals surface area contributed by atoms with Crippen molar-refractivity contribution in [3.8, 4) is 5.75 Å². The van der Waals surface area contributed by atoms with Gasteiger partial charge in [-0.15, -0.1) is 0 Å². The second-order valence-corrected chi connectivity index (χ2v) is 5.21. The molecule has 22 heavy (non-hydrogen) atoms. The molecule has 4 heteroatoms. The summed E-state index contributed by atoms with van der Waals surface area (Å²) in [5.74, 6) is -0.264. The van der Waals surface area contributed by atoms with Crippen molar-refractivity contribution >= 4 is 5.91 Å². The first-order valence-electron chi connectivity index (χ1n) is 7.23. The molecule has 0 aliphatic carbocycles. The minimum absolute atomic E-state index is 0.0282. The fraction of sp³-hybridized carbons (Fsp3) is 0.278. The summed E-state index contributed by atoms with van der Waals surface area (Å²) in [6.07, 6.45) is 0.219. The molecule has 0 heterocycles. The minimum atomic E-state index is -0.414. The first kappa shape index (κ1) is 16.0. The Bertz CT molecular complexity index is 642. The molecule has 0 aliphatic rings. The van der Waals surface area contributed by atoms with Crippen molar-refractivity contribution in [2.45, 2.75) is 19.9 Å². The van der Waals surface area contributed by atoms with Crippen molar-refractivity contribution in [3.63, 3.8) is 0 Å². The zero-order chi connectivity index (χ0) is 15.9. The van der Waals surface area contributed by atoms with Crippen LogP contribution in [0.2, 0.25) is 0 Å². The molecule has 0 N–H and O–H groups in total. The minimum Gasteiger partial charge on any atom is -0.490 e. The van der Waals surface area contributed by atoms with E-state index in [1.54, 1.807) is 30.1 Å². The van der Waals surface area contributed by atoms with Gasteiger partial charge < -0.3 is 9.64 Å². The number of hydrogen-bond donors (Lipinski definition) is 0. The van der Waals surface area contributed by atoms with E-state index in [4.69, 9.17) is 4.74 Å². The molecular weight excluding hydrogens is 281 g/mol. The summed E-state index contributed by atoms with van der Waals surface area (Å²) in [5.41, 5.74) is 2.28. The number of halogens is 1. The Morgan fingerprint density at radius 3 is 2.55 bits per heavy atom. The highest BCUT2D eigenvalue weighted by atomic mass is 19.1. The van der Waals surface area contributed by atoms with Gasteiger partial charge in [0.15, 0.2) is 11.6 Å². The Morgan fingerprint density at radius 2 is 1.82 bits per heavy atom. The summed E-state index contributed by atoms with van der Waals surface area (Å²) in [6, 6.07) is 14.2. The second-order valence-electron chi connectivity index (χ2n) is 5.21. The van der Waals surface area contributed by atoms with Crippen LogP contribution in [-0.2, 0) is 11.3 Å². The van der Waals surface area contributed by atoms with Crippen LogP contribution in [0.25, 0.3) is 0 Å². The van der Waals surface area contributed by atoms with Crippen LogP contribution < -0.4 is 4.74 Å². The van der Waals surface area contributed by atoms with Crippen molar-refractivity contribution in [2.24, 2.45) is 0 Å². The van der Waals surface area contributed by atoms with Gasteiger partial charge in [-0.05, 0) is 30.2 Å². The lowest BCUT2D eigenvalue weighted by Gasteiger charge is -2.18. The summed E-state index contributed by atoms with van der Waals surface area (Å²) in [7, 11) is 1.76. The van der Waals surface area contributed by atoms with E-state index in [0.717, 1.165) is 11.1 Å². The lowest BCUT2D eigenvalue weighted by Crippen LogP contribution is -2.27. The largest absolute Gasteiger partial charge is 0.490 e. The maximum Gasteiger partial charge on any atom is 0.226 e. The van der Waals surface area contributed by atoms with Gasteiger partial charge in [0.25, 0.3) is 0 Å². The number of benzene rings is 2. The van der Waals surface area contributed by atoms with Crippen molar-refractivity contribution in [1.82, 2.24) is 4.90 Å². The maximum atomic E-state index is 13.4. The Hall–Kier alpha value is -2.36. The Balaban J connectivity index is 1.82. The quantitative estimate of drug-likeness (QED) is 0.816. The topological polar surface area (TPSA) is 29.5 Å². The lowest BCUT2D eigenvalue weighted by molar-refractivity contribution is -0.130. The predicted molar refractivity (Wildman–Crippen MR) is 84.2 cm³/mol. The van der Waals surface area contributed by atoms with Crippen molar-refractivity contribution in [2.75, 3.05) is 13.7 Å². The van der Waals surface area contributed by atoms with Crippen LogP contribution in [0, 0.1) is 12.7 Å². The van der Waals surface area contributed by atoms with Gasteiger partial charge in [-0.2, -0.15) is 0 Å². The van der Waals surface area contributed by atoms with E-state index in [1.807, 2.05) is 31.2 Å². The third-order valence-electron chi connectivity index (χ3n) is 3.50. The molecule has 1 amide bonds. The maximum absolute atomic E-state index is 13.4. The van der Waals surface area contributed by atoms with Gasteiger partial charge in [-0.1, -0.05) is 36.4 Å². The number of rotatable bonds is 6. The van der Waals surface area contributed by atoms with Gasteiger partial charge in [-0.25, -0.2) is 4.39 Å². The van der Waals surface area contributed by atoms with Gasteiger partial charge in [0.2, 0.25) is 5.91 Å². The van der Waals surface area contributed by atoms with Gasteiger partial charge in [0, 0.05) is 13.6 Å². The molecule has 2 aromatic rings. The van der Waals surface area contributed by atoms with E-state index < -0.39 is 5.82 Å². The molecule has 0 spiro atoms. The average molecular weight is 301 g/mol. The predicted octanol–water partition coefficient (Wildman–Crippen LogP) is 3.56. The standard InChI is InChI=1S/C18H20FNO2/c1-14-7-3-4-8-15(14)13-20(2)18(21)11-12-22-17-10-6-5-9-16(17)19/h3-10H,11-13H2,1-2H3. The number of carbonyl (C=O) groups excluding carboxylic acids is 1. The van der Waals surface area contributed by atoms with Crippen LogP contribution in [0.5, 0.6) is 5.75 Å². The van der Waals surface area contributed by atoms with Crippen LogP contribution in [0.4, 0.5) is 4.39 Å². The second kappa shape index (κ2) is 7.59. The fourth-order valence-corrected chi connectivity index (χ4v) is 2.13. The van der Waals surface area contributed by atoms with E-state index in [1.165, 1.54) is 6.07 Å². The molecule has 0 aliphatic heterocycles. The van der Waals surface area contributed by atoms with Crippen molar-refractivity contribution in [1.29, 1.82) is 0 Å². The molecule has 0 saturated carbocycles. The van der Waals surface area contributed by atoms with E-state index in [-0.39, 0.29) is 24.7 Å². The third-order valence-corrected chi connectivity index (χ3v) is 3.50. The number of nitrogens with zero attached hydrogens (tertiary/aromatic N) is 1. The average Bonchev–Trinajstić information content (AvgIpc) is 2.51. The zero-order valence-corrected chi connectivity index (χ0v) is 12.9. The van der Waals surface area contributed by atoms with Gasteiger partial charge in [-0.3, -0.25) is 4.79 Å². The van der Waals surface area contributed by atoms with Gasteiger partial charge >= 0.3 is 0 Å².